The number of carbonyl (C=O) groups excluding carboxylic acids is 2. The van der Waals surface area contributed by atoms with Gasteiger partial charge in [-0.25, -0.2) is 4.98 Å². The van der Waals surface area contributed by atoms with Gasteiger partial charge in [0.1, 0.15) is 5.69 Å². The highest BCUT2D eigenvalue weighted by atomic mass is 16.2. The molecular formula is C22H26N4O2. The lowest BCUT2D eigenvalue weighted by molar-refractivity contribution is -0.141. The average molecular weight is 378 g/mol. The lowest BCUT2D eigenvalue weighted by Crippen LogP contribution is -2.54. The molecule has 2 aliphatic heterocycles. The zero-order chi connectivity index (χ0) is 19.6. The number of nitrogens with zero attached hydrogens (tertiary/aromatic N) is 4. The Balaban J connectivity index is 1.50. The predicted octanol–water partition coefficient (Wildman–Crippen LogP) is 2.74. The number of likely N-dealkylation sites (tertiary alicyclic amines) is 2. The van der Waals surface area contributed by atoms with Gasteiger partial charge in [0.2, 0.25) is 5.91 Å². The Morgan fingerprint density at radius 3 is 2.57 bits per heavy atom. The Kier molecular flexibility index (Phi) is 5.11. The maximum absolute atomic E-state index is 13.0. The smallest absolute Gasteiger partial charge is 0.274 e. The largest absolute Gasteiger partial charge is 0.342 e. The van der Waals surface area contributed by atoms with E-state index in [0.29, 0.717) is 18.8 Å². The van der Waals surface area contributed by atoms with Gasteiger partial charge in [0, 0.05) is 38.6 Å². The summed E-state index contributed by atoms with van der Waals surface area (Å²) in [6.45, 7) is 4.96. The van der Waals surface area contributed by atoms with Crippen molar-refractivity contribution in [3.05, 3.63) is 60.2 Å². The number of likely N-dealkylation sites (N-methyl/N-ethyl adjacent to an activating group) is 1. The predicted molar refractivity (Wildman–Crippen MR) is 106 cm³/mol. The topological polar surface area (TPSA) is 66.4 Å². The molecule has 2 amide bonds. The number of hydrogen-bond donors (Lipinski definition) is 0. The monoisotopic (exact) mass is 378 g/mol. The van der Waals surface area contributed by atoms with Gasteiger partial charge in [-0.2, -0.15) is 0 Å². The van der Waals surface area contributed by atoms with E-state index in [9.17, 15) is 9.59 Å². The van der Waals surface area contributed by atoms with E-state index in [1.54, 1.807) is 12.4 Å². The number of hydrogen-bond acceptors (Lipinski definition) is 4. The molecule has 0 radical (unpaired) electrons. The van der Waals surface area contributed by atoms with Crippen molar-refractivity contribution in [3.8, 4) is 0 Å². The summed E-state index contributed by atoms with van der Waals surface area (Å²) in [5.74, 6) is 0.0938. The van der Waals surface area contributed by atoms with Gasteiger partial charge in [-0.3, -0.25) is 14.6 Å². The molecule has 2 aromatic rings. The van der Waals surface area contributed by atoms with Crippen LogP contribution in [0.2, 0.25) is 0 Å². The summed E-state index contributed by atoms with van der Waals surface area (Å²) in [6.07, 6.45) is 7.33. The van der Waals surface area contributed by atoms with Crippen molar-refractivity contribution in [2.45, 2.75) is 32.1 Å². The van der Waals surface area contributed by atoms with Gasteiger partial charge >= 0.3 is 0 Å². The highest BCUT2D eigenvalue weighted by molar-refractivity contribution is 5.92. The lowest BCUT2D eigenvalue weighted by Gasteiger charge is -2.49. The summed E-state index contributed by atoms with van der Waals surface area (Å²) in [7, 11) is 0. The van der Waals surface area contributed by atoms with Crippen LogP contribution in [0.25, 0.3) is 0 Å². The van der Waals surface area contributed by atoms with Crippen molar-refractivity contribution in [1.29, 1.82) is 0 Å². The average Bonchev–Trinajstić information content (AvgIpc) is 2.76. The SMILES string of the molecule is CCN1CC2(CCN(C(=O)c3cnccn3)CC2)C[C@H](c2ccccc2)C1=O. The van der Waals surface area contributed by atoms with Crippen LogP contribution in [0.1, 0.15) is 48.2 Å². The van der Waals surface area contributed by atoms with Gasteiger partial charge in [-0.1, -0.05) is 30.3 Å². The standard InChI is InChI=1S/C22H26N4O2/c1-2-25-16-22(14-18(20(25)27)17-6-4-3-5-7-17)8-12-26(13-9-22)21(28)19-15-23-10-11-24-19/h3-7,10-11,15,18H,2,8-9,12-14,16H2,1H3/t18-/m1/s1. The first-order valence-corrected chi connectivity index (χ1v) is 10.0. The Bertz CT molecular complexity index is 832. The Morgan fingerprint density at radius 2 is 1.93 bits per heavy atom. The van der Waals surface area contributed by atoms with E-state index in [0.717, 1.165) is 37.9 Å². The summed E-state index contributed by atoms with van der Waals surface area (Å²) >= 11 is 0. The highest BCUT2D eigenvalue weighted by Crippen LogP contribution is 2.45. The van der Waals surface area contributed by atoms with Crippen molar-refractivity contribution in [2.75, 3.05) is 26.2 Å². The number of piperidine rings is 2. The lowest BCUT2D eigenvalue weighted by atomic mass is 9.67. The van der Waals surface area contributed by atoms with E-state index < -0.39 is 0 Å². The second kappa shape index (κ2) is 7.70. The van der Waals surface area contributed by atoms with E-state index in [2.05, 4.69) is 22.1 Å². The number of carbonyl (C=O) groups is 2. The second-order valence-corrected chi connectivity index (χ2v) is 7.90. The van der Waals surface area contributed by atoms with Crippen molar-refractivity contribution in [2.24, 2.45) is 5.41 Å². The molecule has 146 valence electrons. The molecule has 1 aromatic heterocycles. The van der Waals surface area contributed by atoms with Gasteiger partial charge in [0.15, 0.2) is 0 Å². The molecule has 28 heavy (non-hydrogen) atoms. The molecular weight excluding hydrogens is 352 g/mol. The van der Waals surface area contributed by atoms with E-state index in [4.69, 9.17) is 0 Å². The van der Waals surface area contributed by atoms with Crippen LogP contribution in [-0.2, 0) is 4.79 Å². The first-order valence-electron chi connectivity index (χ1n) is 10.0. The minimum atomic E-state index is -0.0860. The van der Waals surface area contributed by atoms with Crippen LogP contribution in [0.4, 0.5) is 0 Å². The minimum absolute atomic E-state index is 0.0539. The molecule has 6 nitrogen and oxygen atoms in total. The number of benzene rings is 1. The van der Waals surface area contributed by atoms with Gasteiger partial charge in [0.05, 0.1) is 12.1 Å². The van der Waals surface area contributed by atoms with Crippen LogP contribution in [0.5, 0.6) is 0 Å². The molecule has 0 bridgehead atoms. The zero-order valence-corrected chi connectivity index (χ0v) is 16.3. The Hall–Kier alpha value is -2.76. The summed E-state index contributed by atoms with van der Waals surface area (Å²) < 4.78 is 0. The molecule has 4 rings (SSSR count). The maximum Gasteiger partial charge on any atom is 0.274 e. The van der Waals surface area contributed by atoms with Crippen LogP contribution in [-0.4, -0.2) is 57.8 Å². The third-order valence-corrected chi connectivity index (χ3v) is 6.25. The van der Waals surface area contributed by atoms with Crippen molar-refractivity contribution in [3.63, 3.8) is 0 Å². The van der Waals surface area contributed by atoms with Gasteiger partial charge in [0.25, 0.3) is 5.91 Å². The molecule has 1 atom stereocenters. The van der Waals surface area contributed by atoms with Crippen LogP contribution >= 0.6 is 0 Å². The van der Waals surface area contributed by atoms with Crippen LogP contribution in [0.3, 0.4) is 0 Å². The van der Waals surface area contributed by atoms with Gasteiger partial charge in [-0.15, -0.1) is 0 Å². The molecule has 0 saturated carbocycles. The van der Waals surface area contributed by atoms with Crippen molar-refractivity contribution < 1.29 is 9.59 Å². The molecule has 1 spiro atoms. The zero-order valence-electron chi connectivity index (χ0n) is 16.3. The van der Waals surface area contributed by atoms with Crippen LogP contribution < -0.4 is 0 Å². The van der Waals surface area contributed by atoms with E-state index >= 15 is 0 Å². The normalized spacial score (nSPS) is 21.8. The molecule has 6 heteroatoms. The molecule has 0 N–H and O–H groups in total. The number of amides is 2. The van der Waals surface area contributed by atoms with Gasteiger partial charge < -0.3 is 9.80 Å². The molecule has 2 fully saturated rings. The Morgan fingerprint density at radius 1 is 1.18 bits per heavy atom. The van der Waals surface area contributed by atoms with E-state index in [-0.39, 0.29) is 23.1 Å². The fraction of sp³-hybridized carbons (Fsp3) is 0.455. The number of rotatable bonds is 3. The van der Waals surface area contributed by atoms with Crippen LogP contribution in [0.15, 0.2) is 48.9 Å². The fourth-order valence-electron chi connectivity index (χ4n) is 4.62. The van der Waals surface area contributed by atoms with Crippen molar-refractivity contribution >= 4 is 11.8 Å². The second-order valence-electron chi connectivity index (χ2n) is 7.90. The van der Waals surface area contributed by atoms with Crippen molar-refractivity contribution in [1.82, 2.24) is 19.8 Å². The summed E-state index contributed by atoms with van der Waals surface area (Å²) in [5, 5.41) is 0. The fourth-order valence-corrected chi connectivity index (χ4v) is 4.62. The summed E-state index contributed by atoms with van der Waals surface area (Å²) in [6, 6.07) is 10.1. The molecule has 2 saturated heterocycles. The molecule has 0 unspecified atom stereocenters. The molecule has 0 aliphatic carbocycles. The third kappa shape index (κ3) is 3.51. The van der Waals surface area contributed by atoms with Gasteiger partial charge in [-0.05, 0) is 37.2 Å². The molecule has 3 heterocycles. The quantitative estimate of drug-likeness (QED) is 0.824. The highest BCUT2D eigenvalue weighted by Gasteiger charge is 2.46. The Labute approximate surface area is 165 Å². The minimum Gasteiger partial charge on any atom is -0.342 e. The first kappa shape index (κ1) is 18.6. The maximum atomic E-state index is 13.0. The number of aromatic nitrogens is 2. The van der Waals surface area contributed by atoms with E-state index in [1.165, 1.54) is 6.20 Å². The summed E-state index contributed by atoms with van der Waals surface area (Å²) in [5.41, 5.74) is 1.57. The molecule has 1 aromatic carbocycles. The third-order valence-electron chi connectivity index (χ3n) is 6.25. The molecule has 2 aliphatic rings. The summed E-state index contributed by atoms with van der Waals surface area (Å²) in [4.78, 5) is 37.7. The van der Waals surface area contributed by atoms with Crippen LogP contribution in [0, 0.1) is 5.41 Å². The van der Waals surface area contributed by atoms with E-state index in [1.807, 2.05) is 34.9 Å². The first-order chi connectivity index (χ1) is 13.6.